The molecule has 1 unspecified atom stereocenters. The quantitative estimate of drug-likeness (QED) is 0.651. The number of rotatable bonds is 8. The third kappa shape index (κ3) is 5.01. The van der Waals surface area contributed by atoms with Gasteiger partial charge in [-0.3, -0.25) is 4.79 Å². The first-order valence-corrected chi connectivity index (χ1v) is 9.02. The minimum atomic E-state index is -0.214. The van der Waals surface area contributed by atoms with E-state index in [9.17, 15) is 9.90 Å². The third-order valence-corrected chi connectivity index (χ3v) is 4.71. The van der Waals surface area contributed by atoms with E-state index in [1.54, 1.807) is 11.6 Å². The second-order valence-electron chi connectivity index (χ2n) is 5.83. The van der Waals surface area contributed by atoms with E-state index in [-0.39, 0.29) is 18.4 Å². The molecule has 0 aliphatic carbocycles. The Balaban J connectivity index is 1.52. The molecule has 1 atom stereocenters. The summed E-state index contributed by atoms with van der Waals surface area (Å²) in [6, 6.07) is 13.7. The van der Waals surface area contributed by atoms with Crippen LogP contribution in [0.4, 0.5) is 0 Å². The standard InChI is InChI=1S/C19H20N2O3S/c22-12-15(9-16-7-4-8-24-16)11-20-19(23)17-13-25-18(21-17)10-14-5-2-1-3-6-14/h1-8,13,15,22H,9-12H2,(H,20,23). The van der Waals surface area contributed by atoms with Crippen molar-refractivity contribution in [2.75, 3.05) is 13.2 Å². The topological polar surface area (TPSA) is 75.4 Å². The third-order valence-electron chi connectivity index (χ3n) is 3.86. The first-order valence-electron chi connectivity index (χ1n) is 8.14. The van der Waals surface area contributed by atoms with Gasteiger partial charge in [0.15, 0.2) is 0 Å². The zero-order chi connectivity index (χ0) is 17.5. The van der Waals surface area contributed by atoms with E-state index in [1.165, 1.54) is 16.9 Å². The van der Waals surface area contributed by atoms with Gasteiger partial charge in [0.1, 0.15) is 11.5 Å². The fourth-order valence-corrected chi connectivity index (χ4v) is 3.32. The molecule has 2 aromatic heterocycles. The highest BCUT2D eigenvalue weighted by Gasteiger charge is 2.15. The highest BCUT2D eigenvalue weighted by atomic mass is 32.1. The summed E-state index contributed by atoms with van der Waals surface area (Å²) in [6.07, 6.45) is 2.91. The van der Waals surface area contributed by atoms with Gasteiger partial charge in [-0.25, -0.2) is 4.98 Å². The molecule has 3 rings (SSSR count). The first-order chi connectivity index (χ1) is 12.2. The van der Waals surface area contributed by atoms with Crippen LogP contribution in [0.2, 0.25) is 0 Å². The van der Waals surface area contributed by atoms with Gasteiger partial charge < -0.3 is 14.8 Å². The largest absolute Gasteiger partial charge is 0.469 e. The molecule has 0 saturated carbocycles. The van der Waals surface area contributed by atoms with Crippen LogP contribution in [0.3, 0.4) is 0 Å². The minimum absolute atomic E-state index is 0.0166. The van der Waals surface area contributed by atoms with E-state index in [0.717, 1.165) is 17.2 Å². The molecule has 6 heteroatoms. The first kappa shape index (κ1) is 17.4. The number of carbonyl (C=O) groups is 1. The van der Waals surface area contributed by atoms with Gasteiger partial charge in [0.25, 0.3) is 5.91 Å². The summed E-state index contributed by atoms with van der Waals surface area (Å²) in [5, 5.41) is 15.0. The normalized spacial score (nSPS) is 12.0. The molecule has 0 bridgehead atoms. The summed E-state index contributed by atoms with van der Waals surface area (Å²) in [5.41, 5.74) is 1.59. The molecule has 0 aliphatic rings. The highest BCUT2D eigenvalue weighted by molar-refractivity contribution is 7.09. The molecule has 0 fully saturated rings. The number of thiazole rings is 1. The van der Waals surface area contributed by atoms with Crippen LogP contribution >= 0.6 is 11.3 Å². The summed E-state index contributed by atoms with van der Waals surface area (Å²) in [6.45, 7) is 0.360. The number of furan rings is 1. The van der Waals surface area contributed by atoms with Gasteiger partial charge in [-0.1, -0.05) is 30.3 Å². The van der Waals surface area contributed by atoms with E-state index in [1.807, 2.05) is 42.5 Å². The van der Waals surface area contributed by atoms with E-state index in [4.69, 9.17) is 4.42 Å². The second kappa shape index (κ2) is 8.60. The molecule has 1 aromatic carbocycles. The van der Waals surface area contributed by atoms with Crippen LogP contribution in [0.25, 0.3) is 0 Å². The maximum atomic E-state index is 12.3. The summed E-state index contributed by atoms with van der Waals surface area (Å²) < 4.78 is 5.28. The van der Waals surface area contributed by atoms with Gasteiger partial charge in [-0.05, 0) is 17.7 Å². The lowest BCUT2D eigenvalue weighted by Gasteiger charge is -2.13. The Morgan fingerprint density at radius 1 is 1.24 bits per heavy atom. The maximum absolute atomic E-state index is 12.3. The van der Waals surface area contributed by atoms with Crippen molar-refractivity contribution in [1.29, 1.82) is 0 Å². The molecule has 0 aliphatic heterocycles. The average Bonchev–Trinajstić information content (AvgIpc) is 3.31. The number of aliphatic hydroxyl groups excluding tert-OH is 1. The van der Waals surface area contributed by atoms with Crippen molar-refractivity contribution in [3.05, 3.63) is 76.1 Å². The van der Waals surface area contributed by atoms with Crippen molar-refractivity contribution in [3.8, 4) is 0 Å². The van der Waals surface area contributed by atoms with Crippen molar-refractivity contribution in [1.82, 2.24) is 10.3 Å². The van der Waals surface area contributed by atoms with Gasteiger partial charge in [0.05, 0.1) is 11.3 Å². The number of benzene rings is 1. The van der Waals surface area contributed by atoms with Gasteiger partial charge in [-0.15, -0.1) is 11.3 Å². The number of nitrogens with zero attached hydrogens (tertiary/aromatic N) is 1. The summed E-state index contributed by atoms with van der Waals surface area (Å²) in [7, 11) is 0. The van der Waals surface area contributed by atoms with Gasteiger partial charge in [0.2, 0.25) is 0 Å². The number of amides is 1. The van der Waals surface area contributed by atoms with E-state index in [0.29, 0.717) is 18.7 Å². The Labute approximate surface area is 150 Å². The van der Waals surface area contributed by atoms with Crippen LogP contribution < -0.4 is 5.32 Å². The summed E-state index contributed by atoms with van der Waals surface area (Å²) >= 11 is 1.48. The Hall–Kier alpha value is -2.44. The van der Waals surface area contributed by atoms with E-state index < -0.39 is 0 Å². The number of aromatic nitrogens is 1. The molecular weight excluding hydrogens is 336 g/mol. The smallest absolute Gasteiger partial charge is 0.270 e. The zero-order valence-corrected chi connectivity index (χ0v) is 14.5. The molecule has 3 aromatic rings. The van der Waals surface area contributed by atoms with Crippen LogP contribution in [0.5, 0.6) is 0 Å². The van der Waals surface area contributed by atoms with E-state index >= 15 is 0 Å². The van der Waals surface area contributed by atoms with Crippen molar-refractivity contribution in [3.63, 3.8) is 0 Å². The lowest BCUT2D eigenvalue weighted by Crippen LogP contribution is -2.32. The number of nitrogens with one attached hydrogen (secondary N) is 1. The Bertz CT molecular complexity index is 784. The SMILES string of the molecule is O=C(NCC(CO)Cc1ccco1)c1csc(Cc2ccccc2)n1. The van der Waals surface area contributed by atoms with Crippen LogP contribution in [-0.4, -0.2) is 29.1 Å². The summed E-state index contributed by atoms with van der Waals surface area (Å²) in [4.78, 5) is 16.7. The Kier molecular flexibility index (Phi) is 5.98. The molecule has 0 spiro atoms. The molecule has 25 heavy (non-hydrogen) atoms. The second-order valence-corrected chi connectivity index (χ2v) is 6.77. The van der Waals surface area contributed by atoms with Crippen LogP contribution in [-0.2, 0) is 12.8 Å². The molecule has 5 nitrogen and oxygen atoms in total. The number of carbonyl (C=O) groups excluding carboxylic acids is 1. The van der Waals surface area contributed by atoms with Gasteiger partial charge in [0, 0.05) is 37.3 Å². The van der Waals surface area contributed by atoms with E-state index in [2.05, 4.69) is 10.3 Å². The lowest BCUT2D eigenvalue weighted by molar-refractivity contribution is 0.0934. The highest BCUT2D eigenvalue weighted by Crippen LogP contribution is 2.15. The monoisotopic (exact) mass is 356 g/mol. The maximum Gasteiger partial charge on any atom is 0.270 e. The van der Waals surface area contributed by atoms with Gasteiger partial charge in [-0.2, -0.15) is 0 Å². The molecule has 2 N–H and O–H groups in total. The van der Waals surface area contributed by atoms with Crippen LogP contribution in [0.1, 0.15) is 26.8 Å². The van der Waals surface area contributed by atoms with Crippen molar-refractivity contribution in [2.45, 2.75) is 12.8 Å². The number of hydrogen-bond donors (Lipinski definition) is 2. The minimum Gasteiger partial charge on any atom is -0.469 e. The lowest BCUT2D eigenvalue weighted by atomic mass is 10.1. The molecule has 1 amide bonds. The van der Waals surface area contributed by atoms with Crippen molar-refractivity contribution >= 4 is 17.2 Å². The predicted molar refractivity (Wildman–Crippen MR) is 96.7 cm³/mol. The van der Waals surface area contributed by atoms with Crippen LogP contribution in [0.15, 0.2) is 58.5 Å². The van der Waals surface area contributed by atoms with Gasteiger partial charge >= 0.3 is 0 Å². The van der Waals surface area contributed by atoms with Crippen molar-refractivity contribution in [2.24, 2.45) is 5.92 Å². The number of hydrogen-bond acceptors (Lipinski definition) is 5. The molecular formula is C19H20N2O3S. The fourth-order valence-electron chi connectivity index (χ4n) is 2.51. The molecule has 0 radical (unpaired) electrons. The van der Waals surface area contributed by atoms with Crippen LogP contribution in [0, 0.1) is 5.92 Å². The van der Waals surface area contributed by atoms with Crippen molar-refractivity contribution < 1.29 is 14.3 Å². The Morgan fingerprint density at radius 3 is 2.80 bits per heavy atom. The molecule has 130 valence electrons. The zero-order valence-electron chi connectivity index (χ0n) is 13.7. The predicted octanol–water partition coefficient (Wildman–Crippen LogP) is 2.91. The molecule has 2 heterocycles. The summed E-state index contributed by atoms with van der Waals surface area (Å²) in [5.74, 6) is 0.498. The average molecular weight is 356 g/mol. The Morgan fingerprint density at radius 2 is 2.08 bits per heavy atom. The fraction of sp³-hybridized carbons (Fsp3) is 0.263. The number of aliphatic hydroxyl groups is 1. The molecule has 0 saturated heterocycles.